The predicted octanol–water partition coefficient (Wildman–Crippen LogP) is 14.2. The van der Waals surface area contributed by atoms with Crippen LogP contribution >= 0.6 is 0 Å². The molecular formula is C54H47N3O. The Hall–Kier alpha value is -6.78. The van der Waals surface area contributed by atoms with Crippen molar-refractivity contribution >= 4 is 21.8 Å². The maximum atomic E-state index is 11.0. The summed E-state index contributed by atoms with van der Waals surface area (Å²) in [7, 11) is 0. The first-order valence-electron chi connectivity index (χ1n) is 20.1. The van der Waals surface area contributed by atoms with Crippen molar-refractivity contribution in [1.29, 1.82) is 0 Å². The zero-order valence-electron chi connectivity index (χ0n) is 34.0. The van der Waals surface area contributed by atoms with Crippen molar-refractivity contribution in [1.82, 2.24) is 14.5 Å². The fourth-order valence-electron chi connectivity index (χ4n) is 8.00. The summed E-state index contributed by atoms with van der Waals surface area (Å²) in [5.41, 5.74) is 15.2. The molecule has 0 spiro atoms. The Morgan fingerprint density at radius 2 is 0.966 bits per heavy atom. The number of phenols is 1. The lowest BCUT2D eigenvalue weighted by molar-refractivity contribution is 0.477. The van der Waals surface area contributed by atoms with Crippen molar-refractivity contribution in [2.75, 3.05) is 0 Å². The summed E-state index contributed by atoms with van der Waals surface area (Å²) in [4.78, 5) is 10.5. The maximum Gasteiger partial charge on any atom is 0.124 e. The highest BCUT2D eigenvalue weighted by Gasteiger charge is 2.22. The molecule has 0 saturated heterocycles. The van der Waals surface area contributed by atoms with Gasteiger partial charge in [0.2, 0.25) is 0 Å². The fourth-order valence-corrected chi connectivity index (χ4v) is 8.00. The third-order valence-electron chi connectivity index (χ3n) is 11.2. The minimum atomic E-state index is -0.0350. The highest BCUT2D eigenvalue weighted by atomic mass is 16.3. The van der Waals surface area contributed by atoms with Gasteiger partial charge in [0.1, 0.15) is 5.75 Å². The van der Waals surface area contributed by atoms with E-state index in [1.807, 2.05) is 18.2 Å². The third-order valence-corrected chi connectivity index (χ3v) is 11.2. The lowest BCUT2D eigenvalue weighted by Gasteiger charge is -2.26. The number of para-hydroxylation sites is 3. The van der Waals surface area contributed by atoms with Gasteiger partial charge >= 0.3 is 0 Å². The first kappa shape index (κ1) is 36.8. The summed E-state index contributed by atoms with van der Waals surface area (Å²) in [6.45, 7) is 13.6. The maximum absolute atomic E-state index is 11.0. The smallest absolute Gasteiger partial charge is 0.124 e. The highest BCUT2D eigenvalue weighted by molar-refractivity contribution is 6.15. The van der Waals surface area contributed by atoms with Crippen LogP contribution in [0.4, 0.5) is 0 Å². The Balaban J connectivity index is 1.18. The van der Waals surface area contributed by atoms with Crippen molar-refractivity contribution in [3.8, 4) is 67.6 Å². The van der Waals surface area contributed by atoms with Crippen molar-refractivity contribution in [2.45, 2.75) is 52.4 Å². The highest BCUT2D eigenvalue weighted by Crippen LogP contribution is 2.40. The normalized spacial score (nSPS) is 12.0. The second-order valence-corrected chi connectivity index (χ2v) is 17.3. The Morgan fingerprint density at radius 3 is 1.71 bits per heavy atom. The molecule has 9 rings (SSSR count). The second kappa shape index (κ2) is 14.3. The van der Waals surface area contributed by atoms with Crippen LogP contribution in [0.15, 0.2) is 170 Å². The van der Waals surface area contributed by atoms with Crippen molar-refractivity contribution in [2.24, 2.45) is 0 Å². The zero-order chi connectivity index (χ0) is 40.2. The molecular weight excluding hydrogens is 707 g/mol. The van der Waals surface area contributed by atoms with E-state index in [0.29, 0.717) is 5.56 Å². The van der Waals surface area contributed by atoms with Gasteiger partial charge in [0.05, 0.1) is 33.8 Å². The van der Waals surface area contributed by atoms with Gasteiger partial charge in [-0.25, -0.2) is 9.97 Å². The molecule has 0 radical (unpaired) electrons. The zero-order valence-corrected chi connectivity index (χ0v) is 34.0. The van der Waals surface area contributed by atoms with Crippen LogP contribution in [-0.4, -0.2) is 19.6 Å². The van der Waals surface area contributed by atoms with E-state index in [1.54, 1.807) is 6.07 Å². The molecule has 0 aliphatic heterocycles. The number of hydrogen-bond acceptors (Lipinski definition) is 3. The molecule has 0 amide bonds. The van der Waals surface area contributed by atoms with E-state index in [4.69, 9.17) is 9.97 Å². The van der Waals surface area contributed by atoms with Crippen LogP contribution in [0.1, 0.15) is 52.7 Å². The lowest BCUT2D eigenvalue weighted by atomic mass is 9.79. The van der Waals surface area contributed by atoms with E-state index in [-0.39, 0.29) is 16.6 Å². The van der Waals surface area contributed by atoms with Crippen LogP contribution in [0.25, 0.3) is 83.6 Å². The van der Waals surface area contributed by atoms with Gasteiger partial charge in [-0.15, -0.1) is 0 Å². The Kier molecular flexibility index (Phi) is 9.09. The standard InChI is InChI=1S/C54H47N3O/c1-53(2,3)39-30-37(31-40(34-39)54(4,5)6)38-32-47(56-48(33-38)42-21-11-13-28-51(42)58)36-18-14-17-35(29-36)45-24-16-25-46(55-45)43-23-15-27-50-52(43)44-22-10-12-26-49(44)57(50)41-19-8-7-9-20-41/h7-34,58H,1-6H3. The number of pyridine rings is 2. The SMILES string of the molecule is CC(C)(C)c1cc(-c2cc(-c3cccc(-c4cccc(-c5cccc6c5c5ccccc5n6-c5ccccc5)n4)c3)nc(-c3ccccc3O)c2)cc(C(C)(C)C)c1. The van der Waals surface area contributed by atoms with E-state index in [0.717, 1.165) is 67.3 Å². The number of hydrogen-bond donors (Lipinski definition) is 1. The molecule has 0 atom stereocenters. The number of fused-ring (bicyclic) bond motifs is 3. The molecule has 4 heteroatoms. The molecule has 0 unspecified atom stereocenters. The van der Waals surface area contributed by atoms with Gasteiger partial charge < -0.3 is 9.67 Å². The van der Waals surface area contributed by atoms with Gasteiger partial charge in [-0.05, 0) is 99.8 Å². The predicted molar refractivity (Wildman–Crippen MR) is 243 cm³/mol. The Morgan fingerprint density at radius 1 is 0.414 bits per heavy atom. The summed E-state index contributed by atoms with van der Waals surface area (Å²) >= 11 is 0. The molecule has 9 aromatic rings. The molecule has 4 nitrogen and oxygen atoms in total. The Labute approximate surface area is 341 Å². The number of nitrogens with zero attached hydrogens (tertiary/aromatic N) is 3. The first-order chi connectivity index (χ1) is 27.9. The van der Waals surface area contributed by atoms with Gasteiger partial charge in [0, 0.05) is 38.7 Å². The lowest BCUT2D eigenvalue weighted by Crippen LogP contribution is -2.16. The average molecular weight is 754 g/mol. The number of aromatic nitrogens is 3. The van der Waals surface area contributed by atoms with Crippen LogP contribution in [0.3, 0.4) is 0 Å². The van der Waals surface area contributed by atoms with Gasteiger partial charge in [0.25, 0.3) is 0 Å². The van der Waals surface area contributed by atoms with Crippen molar-refractivity contribution < 1.29 is 5.11 Å². The molecule has 3 aromatic heterocycles. The number of phenolic OH excluding ortho intramolecular Hbond substituents is 1. The minimum Gasteiger partial charge on any atom is -0.507 e. The molecule has 58 heavy (non-hydrogen) atoms. The second-order valence-electron chi connectivity index (χ2n) is 17.3. The van der Waals surface area contributed by atoms with E-state index in [2.05, 4.69) is 192 Å². The molecule has 284 valence electrons. The van der Waals surface area contributed by atoms with Crippen LogP contribution in [0.2, 0.25) is 0 Å². The monoisotopic (exact) mass is 753 g/mol. The third kappa shape index (κ3) is 6.85. The summed E-state index contributed by atoms with van der Waals surface area (Å²) in [5.74, 6) is 0.202. The number of aromatic hydroxyl groups is 1. The van der Waals surface area contributed by atoms with Gasteiger partial charge in [-0.2, -0.15) is 0 Å². The first-order valence-corrected chi connectivity index (χ1v) is 20.1. The molecule has 0 aliphatic carbocycles. The molecule has 0 fully saturated rings. The van der Waals surface area contributed by atoms with Crippen molar-refractivity contribution in [3.05, 3.63) is 181 Å². The van der Waals surface area contributed by atoms with Crippen LogP contribution in [-0.2, 0) is 10.8 Å². The fraction of sp³-hybridized carbons (Fsp3) is 0.148. The van der Waals surface area contributed by atoms with Gasteiger partial charge in [-0.3, -0.25) is 0 Å². The molecule has 3 heterocycles. The molecule has 0 aliphatic rings. The van der Waals surface area contributed by atoms with Crippen LogP contribution in [0.5, 0.6) is 5.75 Å². The van der Waals surface area contributed by atoms with E-state index < -0.39 is 0 Å². The minimum absolute atomic E-state index is 0.0350. The summed E-state index contributed by atoms with van der Waals surface area (Å²) in [6.07, 6.45) is 0. The van der Waals surface area contributed by atoms with Crippen LogP contribution in [0, 0.1) is 0 Å². The topological polar surface area (TPSA) is 50.9 Å². The molecule has 0 bridgehead atoms. The molecule has 0 saturated carbocycles. The van der Waals surface area contributed by atoms with Gasteiger partial charge in [-0.1, -0.05) is 145 Å². The summed E-state index contributed by atoms with van der Waals surface area (Å²) < 4.78 is 2.34. The van der Waals surface area contributed by atoms with E-state index in [9.17, 15) is 5.11 Å². The van der Waals surface area contributed by atoms with Crippen LogP contribution < -0.4 is 0 Å². The number of benzene rings is 6. The number of rotatable bonds is 6. The quantitative estimate of drug-likeness (QED) is 0.184. The Bertz CT molecular complexity index is 2950. The summed E-state index contributed by atoms with van der Waals surface area (Å²) in [6, 6.07) is 59.2. The van der Waals surface area contributed by atoms with Gasteiger partial charge in [0.15, 0.2) is 0 Å². The molecule has 6 aromatic carbocycles. The summed E-state index contributed by atoms with van der Waals surface area (Å²) in [5, 5.41) is 13.4. The van der Waals surface area contributed by atoms with E-state index in [1.165, 1.54) is 21.9 Å². The van der Waals surface area contributed by atoms with E-state index >= 15 is 0 Å². The molecule has 1 N–H and O–H groups in total. The average Bonchev–Trinajstić information content (AvgIpc) is 3.58. The largest absolute Gasteiger partial charge is 0.507 e. The van der Waals surface area contributed by atoms with Crippen molar-refractivity contribution in [3.63, 3.8) is 0 Å².